The third kappa shape index (κ3) is 3.04. The lowest BCUT2D eigenvalue weighted by molar-refractivity contribution is -0.144. The van der Waals surface area contributed by atoms with Crippen LogP contribution >= 0.6 is 0 Å². The van der Waals surface area contributed by atoms with Crippen molar-refractivity contribution >= 4 is 5.97 Å². The fourth-order valence-electron chi connectivity index (χ4n) is 2.30. The van der Waals surface area contributed by atoms with Gasteiger partial charge in [-0.25, -0.2) is 8.78 Å². The molecule has 0 aliphatic carbocycles. The first-order chi connectivity index (χ1) is 8.58. The Morgan fingerprint density at radius 2 is 2.06 bits per heavy atom. The van der Waals surface area contributed by atoms with Crippen LogP contribution < -0.4 is 0 Å². The second-order valence-corrected chi connectivity index (χ2v) is 4.52. The summed E-state index contributed by atoms with van der Waals surface area (Å²) < 4.78 is 30.7. The summed E-state index contributed by atoms with van der Waals surface area (Å²) >= 11 is 0. The average Bonchev–Trinajstić information content (AvgIpc) is 2.75. The van der Waals surface area contributed by atoms with E-state index in [-0.39, 0.29) is 11.9 Å². The molecule has 1 aromatic rings. The predicted molar refractivity (Wildman–Crippen MR) is 61.8 cm³/mol. The number of carbonyl (C=O) groups is 1. The summed E-state index contributed by atoms with van der Waals surface area (Å²) in [4.78, 5) is 13.3. The molecule has 0 saturated carbocycles. The second kappa shape index (κ2) is 5.44. The maximum Gasteiger partial charge on any atom is 0.310 e. The molecular formula is C13H15F2NO2. The van der Waals surface area contributed by atoms with E-state index in [1.54, 1.807) is 0 Å². The monoisotopic (exact) mass is 255 g/mol. The van der Waals surface area contributed by atoms with Gasteiger partial charge in [0.15, 0.2) is 0 Å². The van der Waals surface area contributed by atoms with Gasteiger partial charge in [-0.3, -0.25) is 9.69 Å². The number of halogens is 2. The fraction of sp³-hybridized carbons (Fsp3) is 0.462. The van der Waals surface area contributed by atoms with Gasteiger partial charge in [0.25, 0.3) is 0 Å². The molecule has 0 radical (unpaired) electrons. The van der Waals surface area contributed by atoms with Crippen LogP contribution in [0.4, 0.5) is 8.78 Å². The smallest absolute Gasteiger partial charge is 0.310 e. The van der Waals surface area contributed by atoms with E-state index in [1.165, 1.54) is 19.2 Å². The van der Waals surface area contributed by atoms with Crippen LogP contribution in [0.25, 0.3) is 0 Å². The number of carbonyl (C=O) groups excluding carboxylic acids is 1. The Balaban J connectivity index is 1.97. The standard InChI is InChI=1S/C13H15F2NO2/c1-18-13(17)10-2-3-16(8-10)7-9-4-11(14)6-12(15)5-9/h4-6,10H,2-3,7-8H2,1H3. The molecule has 0 amide bonds. The lowest BCUT2D eigenvalue weighted by Crippen LogP contribution is -2.23. The quantitative estimate of drug-likeness (QED) is 0.773. The molecule has 0 spiro atoms. The fourth-order valence-corrected chi connectivity index (χ4v) is 2.30. The number of hydrogen-bond acceptors (Lipinski definition) is 3. The van der Waals surface area contributed by atoms with Crippen LogP contribution in [-0.4, -0.2) is 31.1 Å². The molecule has 1 saturated heterocycles. The highest BCUT2D eigenvalue weighted by molar-refractivity contribution is 5.72. The molecule has 5 heteroatoms. The van der Waals surface area contributed by atoms with Crippen molar-refractivity contribution < 1.29 is 18.3 Å². The Morgan fingerprint density at radius 1 is 1.39 bits per heavy atom. The molecule has 1 unspecified atom stereocenters. The van der Waals surface area contributed by atoms with Gasteiger partial charge in [0.05, 0.1) is 13.0 Å². The van der Waals surface area contributed by atoms with Crippen LogP contribution in [0.15, 0.2) is 18.2 Å². The number of nitrogens with zero attached hydrogens (tertiary/aromatic N) is 1. The molecule has 1 aliphatic rings. The third-order valence-electron chi connectivity index (χ3n) is 3.14. The molecule has 0 aromatic heterocycles. The minimum atomic E-state index is -0.575. The number of hydrogen-bond donors (Lipinski definition) is 0. The van der Waals surface area contributed by atoms with Gasteiger partial charge >= 0.3 is 5.97 Å². The molecular weight excluding hydrogens is 240 g/mol. The number of likely N-dealkylation sites (tertiary alicyclic amines) is 1. The van der Waals surface area contributed by atoms with E-state index in [0.717, 1.165) is 19.0 Å². The molecule has 1 aliphatic heterocycles. The normalized spacial score (nSPS) is 20.1. The van der Waals surface area contributed by atoms with Crippen LogP contribution in [-0.2, 0) is 16.1 Å². The lowest BCUT2D eigenvalue weighted by atomic mass is 10.1. The van der Waals surface area contributed by atoms with E-state index in [9.17, 15) is 13.6 Å². The minimum Gasteiger partial charge on any atom is -0.469 e. The third-order valence-corrected chi connectivity index (χ3v) is 3.14. The van der Waals surface area contributed by atoms with Crippen molar-refractivity contribution in [2.75, 3.05) is 20.2 Å². The molecule has 1 fully saturated rings. The highest BCUT2D eigenvalue weighted by Gasteiger charge is 2.28. The molecule has 1 atom stereocenters. The molecule has 98 valence electrons. The van der Waals surface area contributed by atoms with Gasteiger partial charge in [0, 0.05) is 19.2 Å². The largest absolute Gasteiger partial charge is 0.469 e. The molecule has 3 nitrogen and oxygen atoms in total. The minimum absolute atomic E-state index is 0.131. The SMILES string of the molecule is COC(=O)C1CCN(Cc2cc(F)cc(F)c2)C1. The van der Waals surface area contributed by atoms with Crippen molar-refractivity contribution in [1.82, 2.24) is 4.90 Å². The summed E-state index contributed by atoms with van der Waals surface area (Å²) in [5.74, 6) is -1.50. The van der Waals surface area contributed by atoms with Gasteiger partial charge in [0.1, 0.15) is 11.6 Å². The van der Waals surface area contributed by atoms with E-state index >= 15 is 0 Å². The van der Waals surface area contributed by atoms with E-state index in [1.807, 2.05) is 4.90 Å². The zero-order chi connectivity index (χ0) is 13.1. The van der Waals surface area contributed by atoms with Gasteiger partial charge < -0.3 is 4.74 Å². The summed E-state index contributed by atoms with van der Waals surface area (Å²) in [6.45, 7) is 1.75. The second-order valence-electron chi connectivity index (χ2n) is 4.52. The van der Waals surface area contributed by atoms with Gasteiger partial charge in [-0.2, -0.15) is 0 Å². The Labute approximate surface area is 104 Å². The zero-order valence-electron chi connectivity index (χ0n) is 10.2. The molecule has 18 heavy (non-hydrogen) atoms. The Bertz CT molecular complexity index is 430. The van der Waals surface area contributed by atoms with Crippen molar-refractivity contribution in [2.24, 2.45) is 5.92 Å². The van der Waals surface area contributed by atoms with Gasteiger partial charge in [-0.1, -0.05) is 0 Å². The van der Waals surface area contributed by atoms with Crippen molar-refractivity contribution in [3.05, 3.63) is 35.4 Å². The van der Waals surface area contributed by atoms with Crippen molar-refractivity contribution in [3.63, 3.8) is 0 Å². The molecule has 2 rings (SSSR count). The summed E-state index contributed by atoms with van der Waals surface area (Å²) in [5.41, 5.74) is 0.581. The van der Waals surface area contributed by atoms with Gasteiger partial charge in [-0.15, -0.1) is 0 Å². The highest BCUT2D eigenvalue weighted by atomic mass is 19.1. The number of benzene rings is 1. The maximum absolute atomic E-state index is 13.0. The summed E-state index contributed by atoms with van der Waals surface area (Å²) in [5, 5.41) is 0. The predicted octanol–water partition coefficient (Wildman–Crippen LogP) is 1.96. The van der Waals surface area contributed by atoms with Gasteiger partial charge in [-0.05, 0) is 30.7 Å². The van der Waals surface area contributed by atoms with Crippen LogP contribution in [0, 0.1) is 17.6 Å². The van der Waals surface area contributed by atoms with Crippen molar-refractivity contribution in [3.8, 4) is 0 Å². The molecule has 1 heterocycles. The molecule has 0 N–H and O–H groups in total. The van der Waals surface area contributed by atoms with Crippen LogP contribution in [0.2, 0.25) is 0 Å². The molecule has 0 bridgehead atoms. The first-order valence-corrected chi connectivity index (χ1v) is 5.83. The van der Waals surface area contributed by atoms with Gasteiger partial charge in [0.2, 0.25) is 0 Å². The number of esters is 1. The van der Waals surface area contributed by atoms with E-state index < -0.39 is 11.6 Å². The van der Waals surface area contributed by atoms with Crippen LogP contribution in [0.5, 0.6) is 0 Å². The van der Waals surface area contributed by atoms with Crippen molar-refractivity contribution in [1.29, 1.82) is 0 Å². The van der Waals surface area contributed by atoms with Crippen molar-refractivity contribution in [2.45, 2.75) is 13.0 Å². The van der Waals surface area contributed by atoms with E-state index in [2.05, 4.69) is 4.74 Å². The Morgan fingerprint density at radius 3 is 2.67 bits per heavy atom. The Hall–Kier alpha value is -1.49. The summed E-state index contributed by atoms with van der Waals surface area (Å²) in [7, 11) is 1.37. The van der Waals surface area contributed by atoms with Crippen LogP contribution in [0.3, 0.4) is 0 Å². The topological polar surface area (TPSA) is 29.5 Å². The average molecular weight is 255 g/mol. The number of methoxy groups -OCH3 is 1. The lowest BCUT2D eigenvalue weighted by Gasteiger charge is -2.15. The Kier molecular flexibility index (Phi) is 3.91. The summed E-state index contributed by atoms with van der Waals surface area (Å²) in [6.07, 6.45) is 0.727. The number of ether oxygens (including phenoxy) is 1. The zero-order valence-corrected chi connectivity index (χ0v) is 10.2. The summed E-state index contributed by atoms with van der Waals surface area (Å²) in [6, 6.07) is 3.48. The van der Waals surface area contributed by atoms with E-state index in [4.69, 9.17) is 0 Å². The van der Waals surface area contributed by atoms with E-state index in [0.29, 0.717) is 18.7 Å². The highest BCUT2D eigenvalue weighted by Crippen LogP contribution is 2.20. The first kappa shape index (κ1) is 13.0. The maximum atomic E-state index is 13.0. The van der Waals surface area contributed by atoms with Crippen LogP contribution in [0.1, 0.15) is 12.0 Å². The molecule has 1 aromatic carbocycles. The first-order valence-electron chi connectivity index (χ1n) is 5.83. The number of rotatable bonds is 3.